The van der Waals surface area contributed by atoms with Gasteiger partial charge in [-0.1, -0.05) is 0 Å². The van der Waals surface area contributed by atoms with E-state index in [4.69, 9.17) is 10.5 Å². The van der Waals surface area contributed by atoms with Crippen molar-refractivity contribution in [2.75, 3.05) is 0 Å². The molecule has 2 fully saturated rings. The molecule has 0 heterocycles. The fraction of sp³-hybridized carbons (Fsp3) is 0.364. The molecule has 2 N–H and O–H groups in total. The Hall–Kier alpha value is -2.91. The van der Waals surface area contributed by atoms with Gasteiger partial charge in [0, 0.05) is 0 Å². The summed E-state index contributed by atoms with van der Waals surface area (Å²) in [5, 5.41) is 20.1. The molecule has 0 bridgehead atoms. The normalized spacial score (nSPS) is 16.1. The van der Waals surface area contributed by atoms with Crippen molar-refractivity contribution in [3.63, 3.8) is 0 Å². The van der Waals surface area contributed by atoms with Crippen LogP contribution in [0.4, 0.5) is 0 Å². The van der Waals surface area contributed by atoms with E-state index in [0.29, 0.717) is 0 Å². The summed E-state index contributed by atoms with van der Waals surface area (Å²) in [5.74, 6) is 0. The van der Waals surface area contributed by atoms with Gasteiger partial charge in [0.1, 0.15) is 0 Å². The van der Waals surface area contributed by atoms with Crippen molar-refractivity contribution < 1.29 is 0 Å². The fourth-order valence-electron chi connectivity index (χ4n) is 6.69. The van der Waals surface area contributed by atoms with Gasteiger partial charge in [-0.05, 0) is 0 Å². The van der Waals surface area contributed by atoms with Crippen molar-refractivity contribution in [1.29, 1.82) is 10.5 Å². The molecule has 0 aromatic heterocycles. The minimum absolute atomic E-state index is 0.134. The minimum atomic E-state index is -3.49. The second-order valence-corrected chi connectivity index (χ2v) is 21.5. The number of nitrogens with zero attached hydrogens (tertiary/aromatic N) is 3. The van der Waals surface area contributed by atoms with Crippen LogP contribution in [0.25, 0.3) is 0 Å². The third-order valence-corrected chi connectivity index (χ3v) is 22.8. The zero-order chi connectivity index (χ0) is 28.0. The van der Waals surface area contributed by atoms with E-state index in [1.807, 2.05) is 0 Å². The maximum absolute atomic E-state index is 7.88. The monoisotopic (exact) mass is 658 g/mol. The van der Waals surface area contributed by atoms with Crippen LogP contribution in [0.15, 0.2) is 91.0 Å². The van der Waals surface area contributed by atoms with E-state index in [0.717, 1.165) is 12.1 Å². The van der Waals surface area contributed by atoms with Crippen LogP contribution in [0.5, 0.6) is 0 Å². The third-order valence-electron chi connectivity index (χ3n) is 8.25. The Bertz CT molecular complexity index is 1130. The molecule has 7 heteroatoms. The average molecular weight is 657 g/mol. The topological polar surface area (TPSA) is 74.9 Å². The summed E-state index contributed by atoms with van der Waals surface area (Å²) in [6.45, 7) is 0. The van der Waals surface area contributed by atoms with Gasteiger partial charge in [0.2, 0.25) is 12.2 Å². The average Bonchev–Trinajstić information content (AvgIpc) is 3.02. The van der Waals surface area contributed by atoms with E-state index in [2.05, 4.69) is 117 Å². The van der Waals surface area contributed by atoms with Gasteiger partial charge in [0.05, 0.1) is 0 Å². The first-order valence-electron chi connectivity index (χ1n) is 14.5. The molecule has 3 aromatic carbocycles. The summed E-state index contributed by atoms with van der Waals surface area (Å²) in [6, 6.07) is 36.5. The van der Waals surface area contributed by atoms with Gasteiger partial charge >= 0.3 is 205 Å². The Balaban J connectivity index is 0.000000406. The molecule has 2 aliphatic carbocycles. The Labute approximate surface area is 249 Å². The predicted octanol–water partition coefficient (Wildman–Crippen LogP) is 4.12. The summed E-state index contributed by atoms with van der Waals surface area (Å²) >= 11 is 0.150. The van der Waals surface area contributed by atoms with Crippen LogP contribution in [0.3, 0.4) is 0 Å². The number of hydrogen-bond donors (Lipinski definition) is 2. The molecule has 3 aromatic rings. The number of benzene rings is 3. The zero-order valence-electron chi connectivity index (χ0n) is 23.2. The molecule has 40 heavy (non-hydrogen) atoms. The van der Waals surface area contributed by atoms with Crippen molar-refractivity contribution in [3.05, 3.63) is 91.0 Å². The van der Waals surface area contributed by atoms with Crippen LogP contribution < -0.4 is 21.4 Å². The van der Waals surface area contributed by atoms with Crippen LogP contribution >= 0.6 is 0 Å². The Morgan fingerprint density at radius 3 is 1.23 bits per heavy atom. The quantitative estimate of drug-likeness (QED) is 0.104. The van der Waals surface area contributed by atoms with E-state index < -0.39 is 18.7 Å². The second kappa shape index (κ2) is 15.8. The number of rotatable bonds is 6. The van der Waals surface area contributed by atoms with Gasteiger partial charge in [0.25, 0.3) is 0 Å². The predicted molar refractivity (Wildman–Crippen MR) is 171 cm³/mol. The van der Waals surface area contributed by atoms with Gasteiger partial charge in [-0.25, -0.2) is 10.6 Å². The SMILES string of the molecule is N#CNC(=[SH+])NC#N.c1cc[c]([Sn]([c]2ccccc2)([c]2ccccc2)[N](C2CCCCC2)C2CCCCC2)cc1. The van der Waals surface area contributed by atoms with E-state index in [1.165, 1.54) is 64.2 Å². The summed E-state index contributed by atoms with van der Waals surface area (Å²) in [7, 11) is 0. The maximum atomic E-state index is 7.88. The molecule has 206 valence electrons. The Kier molecular flexibility index (Phi) is 11.8. The molecule has 0 spiro atoms. The Morgan fingerprint density at radius 2 is 0.925 bits per heavy atom. The summed E-state index contributed by atoms with van der Waals surface area (Å²) < 4.78 is 8.09. The molecule has 0 aliphatic heterocycles. The van der Waals surface area contributed by atoms with E-state index in [1.54, 1.807) is 23.1 Å². The van der Waals surface area contributed by atoms with Gasteiger partial charge in [-0.2, -0.15) is 10.5 Å². The van der Waals surface area contributed by atoms with Crippen molar-refractivity contribution in [3.8, 4) is 12.4 Å². The van der Waals surface area contributed by atoms with Crippen LogP contribution in [-0.2, 0) is 12.2 Å². The molecule has 0 saturated heterocycles. The number of hydrogen-bond acceptors (Lipinski definition) is 3. The van der Waals surface area contributed by atoms with Crippen LogP contribution in [-0.4, -0.2) is 39.0 Å². The molecule has 0 unspecified atom stereocenters. The molecule has 2 saturated carbocycles. The third kappa shape index (κ3) is 7.23. The van der Waals surface area contributed by atoms with Crippen molar-refractivity contribution in [2.45, 2.75) is 76.3 Å². The molecule has 0 atom stereocenters. The van der Waals surface area contributed by atoms with Crippen molar-refractivity contribution in [2.24, 2.45) is 0 Å². The number of nitrogens with one attached hydrogen (secondary N) is 2. The van der Waals surface area contributed by atoms with Gasteiger partial charge in [0.15, 0.2) is 12.4 Å². The van der Waals surface area contributed by atoms with Gasteiger partial charge in [-0.15, -0.1) is 0 Å². The van der Waals surface area contributed by atoms with Crippen molar-refractivity contribution >= 4 is 46.7 Å². The first-order valence-corrected chi connectivity index (χ1v) is 20.5. The van der Waals surface area contributed by atoms with E-state index in [9.17, 15) is 0 Å². The molecule has 0 amide bonds. The van der Waals surface area contributed by atoms with Crippen LogP contribution in [0.1, 0.15) is 64.2 Å². The van der Waals surface area contributed by atoms with E-state index in [-0.39, 0.29) is 5.11 Å². The van der Waals surface area contributed by atoms with Gasteiger partial charge < -0.3 is 0 Å². The molecule has 2 aliphatic rings. The molecule has 5 nitrogen and oxygen atoms in total. The first-order chi connectivity index (χ1) is 19.7. The van der Waals surface area contributed by atoms with Crippen LogP contribution in [0, 0.1) is 22.9 Å². The van der Waals surface area contributed by atoms with Crippen LogP contribution in [0.2, 0.25) is 0 Å². The molecular formula is C33H40N5SSn+. The Morgan fingerprint density at radius 1 is 0.600 bits per heavy atom. The first kappa shape index (κ1) is 30.1. The summed E-state index contributed by atoms with van der Waals surface area (Å²) in [6.07, 6.45) is 17.1. The number of thiol groups is 1. The fourth-order valence-corrected chi connectivity index (χ4v) is 22.6. The standard InChI is InChI=1S/C12H22N.3C6H5.C3H2N4S.Sn/c1-3-7-11(8-4-1)13-12-9-5-2-6-10-12;3*1-2-4-6-5-3-1;4-1-6-3(8)7-2-5;/h11-12H,1-10H2;3*1-5H;(H2,6,7,8);/q-1;;;;;+1/p+1. The summed E-state index contributed by atoms with van der Waals surface area (Å²) in [5.41, 5.74) is 0. The molecule has 0 radical (unpaired) electrons. The van der Waals surface area contributed by atoms with E-state index >= 15 is 0 Å². The summed E-state index contributed by atoms with van der Waals surface area (Å²) in [4.78, 5) is 0. The zero-order valence-corrected chi connectivity index (χ0v) is 26.9. The molecule has 5 rings (SSSR count). The number of nitriles is 2. The second-order valence-electron chi connectivity index (χ2n) is 10.6. The molecular weight excluding hydrogens is 617 g/mol. The van der Waals surface area contributed by atoms with Gasteiger partial charge in [-0.3, -0.25) is 0 Å². The van der Waals surface area contributed by atoms with Crippen molar-refractivity contribution in [1.82, 2.24) is 13.8 Å².